The molecule has 5 nitrogen and oxygen atoms in total. The molecular formula is C19H14F3NO4. The van der Waals surface area contributed by atoms with Gasteiger partial charge in [0, 0.05) is 6.54 Å². The first-order chi connectivity index (χ1) is 12.8. The lowest BCUT2D eigenvalue weighted by atomic mass is 10.1. The molecule has 0 unspecified atom stereocenters. The Morgan fingerprint density at radius 3 is 2.00 bits per heavy atom. The average molecular weight is 377 g/mol. The van der Waals surface area contributed by atoms with E-state index < -0.39 is 29.5 Å². The maximum absolute atomic E-state index is 12.5. The second kappa shape index (κ2) is 7.22. The van der Waals surface area contributed by atoms with Gasteiger partial charge >= 0.3 is 12.1 Å². The Labute approximate surface area is 152 Å². The number of carbonyl (C=O) groups is 3. The van der Waals surface area contributed by atoms with Crippen LogP contribution in [0.2, 0.25) is 0 Å². The van der Waals surface area contributed by atoms with Gasteiger partial charge in [-0.2, -0.15) is 13.2 Å². The van der Waals surface area contributed by atoms with Crippen LogP contribution in [0.1, 0.15) is 43.1 Å². The molecule has 0 spiro atoms. The van der Waals surface area contributed by atoms with Gasteiger partial charge in [-0.25, -0.2) is 4.79 Å². The molecule has 0 radical (unpaired) electrons. The van der Waals surface area contributed by atoms with Gasteiger partial charge in [0.2, 0.25) is 0 Å². The third-order valence-electron chi connectivity index (χ3n) is 4.09. The molecule has 0 saturated carbocycles. The third-order valence-corrected chi connectivity index (χ3v) is 4.09. The molecule has 0 aliphatic carbocycles. The van der Waals surface area contributed by atoms with Crippen molar-refractivity contribution in [2.24, 2.45) is 0 Å². The maximum atomic E-state index is 12.5. The van der Waals surface area contributed by atoms with Gasteiger partial charge in [0.15, 0.2) is 0 Å². The minimum absolute atomic E-state index is 0.0104. The number of hydrogen-bond acceptors (Lipinski definition) is 4. The van der Waals surface area contributed by atoms with Crippen LogP contribution in [-0.2, 0) is 10.9 Å². The molecule has 2 aromatic carbocycles. The van der Waals surface area contributed by atoms with Crippen LogP contribution in [-0.4, -0.2) is 35.8 Å². The molecule has 27 heavy (non-hydrogen) atoms. The van der Waals surface area contributed by atoms with Gasteiger partial charge < -0.3 is 4.74 Å². The zero-order valence-corrected chi connectivity index (χ0v) is 14.0. The highest BCUT2D eigenvalue weighted by Gasteiger charge is 2.34. The van der Waals surface area contributed by atoms with Crippen LogP contribution in [0.15, 0.2) is 48.5 Å². The average Bonchev–Trinajstić information content (AvgIpc) is 2.89. The summed E-state index contributed by atoms with van der Waals surface area (Å²) in [7, 11) is 0. The monoisotopic (exact) mass is 377 g/mol. The highest BCUT2D eigenvalue weighted by atomic mass is 19.4. The molecule has 1 aliphatic heterocycles. The topological polar surface area (TPSA) is 63.7 Å². The van der Waals surface area contributed by atoms with E-state index in [1.165, 1.54) is 0 Å². The Balaban J connectivity index is 1.50. The van der Waals surface area contributed by atoms with Crippen LogP contribution in [0.5, 0.6) is 0 Å². The molecule has 0 aromatic heterocycles. The normalized spacial score (nSPS) is 13.7. The highest BCUT2D eigenvalue weighted by molar-refractivity contribution is 6.21. The highest BCUT2D eigenvalue weighted by Crippen LogP contribution is 2.29. The van der Waals surface area contributed by atoms with Crippen LogP contribution < -0.4 is 0 Å². The lowest BCUT2D eigenvalue weighted by Crippen LogP contribution is -2.31. The number of amides is 2. The molecule has 1 aliphatic rings. The van der Waals surface area contributed by atoms with Crippen molar-refractivity contribution >= 4 is 17.8 Å². The fourth-order valence-corrected chi connectivity index (χ4v) is 2.71. The van der Waals surface area contributed by atoms with Crippen molar-refractivity contribution in [2.75, 3.05) is 13.2 Å². The van der Waals surface area contributed by atoms with E-state index in [9.17, 15) is 27.6 Å². The number of rotatable bonds is 5. The summed E-state index contributed by atoms with van der Waals surface area (Å²) < 4.78 is 42.5. The van der Waals surface area contributed by atoms with E-state index in [0.717, 1.165) is 29.2 Å². The largest absolute Gasteiger partial charge is 0.462 e. The Kier molecular flexibility index (Phi) is 4.98. The van der Waals surface area contributed by atoms with Gasteiger partial charge in [0.25, 0.3) is 11.8 Å². The summed E-state index contributed by atoms with van der Waals surface area (Å²) in [5.41, 5.74) is -0.193. The van der Waals surface area contributed by atoms with Crippen LogP contribution in [0.4, 0.5) is 13.2 Å². The number of nitrogens with zero attached hydrogens (tertiary/aromatic N) is 1. The van der Waals surface area contributed by atoms with Crippen molar-refractivity contribution in [3.05, 3.63) is 70.8 Å². The fraction of sp³-hybridized carbons (Fsp3) is 0.211. The number of halogens is 3. The first kappa shape index (κ1) is 18.6. The quantitative estimate of drug-likeness (QED) is 0.454. The summed E-state index contributed by atoms with van der Waals surface area (Å²) in [4.78, 5) is 37.3. The number of benzene rings is 2. The smallest absolute Gasteiger partial charge is 0.416 e. The first-order valence-corrected chi connectivity index (χ1v) is 8.08. The molecule has 0 saturated heterocycles. The number of fused-ring (bicyclic) bond motifs is 1. The van der Waals surface area contributed by atoms with Crippen LogP contribution >= 0.6 is 0 Å². The first-order valence-electron chi connectivity index (χ1n) is 8.08. The molecule has 8 heteroatoms. The standard InChI is InChI=1S/C19H14F3NO4/c20-19(21,22)13-8-6-12(7-9-13)18(26)27-11-3-10-23-16(24)14-4-1-2-5-15(14)17(23)25/h1-2,4-9H,3,10-11H2. The number of carbonyl (C=O) groups excluding carboxylic acids is 3. The molecule has 2 amide bonds. The van der Waals surface area contributed by atoms with E-state index in [2.05, 4.69) is 0 Å². The number of hydrogen-bond donors (Lipinski definition) is 0. The molecule has 2 aromatic rings. The van der Waals surface area contributed by atoms with Gasteiger partial charge in [0.05, 0.1) is 28.9 Å². The summed E-state index contributed by atoms with van der Waals surface area (Å²) in [5, 5.41) is 0. The van der Waals surface area contributed by atoms with E-state index in [0.29, 0.717) is 11.1 Å². The van der Waals surface area contributed by atoms with Crippen molar-refractivity contribution in [3.8, 4) is 0 Å². The summed E-state index contributed by atoms with van der Waals surface area (Å²) in [6.45, 7) is -0.000100. The molecule has 140 valence electrons. The molecule has 0 fully saturated rings. The second-order valence-electron chi connectivity index (χ2n) is 5.87. The zero-order chi connectivity index (χ0) is 19.6. The predicted molar refractivity (Wildman–Crippen MR) is 88.2 cm³/mol. The van der Waals surface area contributed by atoms with Crippen molar-refractivity contribution in [3.63, 3.8) is 0 Å². The molecule has 0 bridgehead atoms. The SMILES string of the molecule is O=C(OCCCN1C(=O)c2ccccc2C1=O)c1ccc(C(F)(F)F)cc1. The summed E-state index contributed by atoms with van der Waals surface area (Å²) in [6.07, 6.45) is -4.26. The van der Waals surface area contributed by atoms with Gasteiger partial charge in [-0.1, -0.05) is 12.1 Å². The fourth-order valence-electron chi connectivity index (χ4n) is 2.71. The van der Waals surface area contributed by atoms with E-state index in [1.807, 2.05) is 0 Å². The number of alkyl halides is 3. The Bertz CT molecular complexity index is 856. The minimum Gasteiger partial charge on any atom is -0.462 e. The molecular weight excluding hydrogens is 363 g/mol. The molecule has 1 heterocycles. The van der Waals surface area contributed by atoms with E-state index in [1.54, 1.807) is 24.3 Å². The van der Waals surface area contributed by atoms with Crippen LogP contribution in [0, 0.1) is 0 Å². The Morgan fingerprint density at radius 2 is 1.48 bits per heavy atom. The second-order valence-corrected chi connectivity index (χ2v) is 5.87. The summed E-state index contributed by atoms with van der Waals surface area (Å²) in [6, 6.07) is 10.1. The van der Waals surface area contributed by atoms with E-state index in [-0.39, 0.29) is 25.1 Å². The minimum atomic E-state index is -4.48. The number of ether oxygens (including phenoxy) is 1. The van der Waals surface area contributed by atoms with E-state index >= 15 is 0 Å². The van der Waals surface area contributed by atoms with Crippen molar-refractivity contribution < 1.29 is 32.3 Å². The van der Waals surface area contributed by atoms with Gasteiger partial charge in [-0.05, 0) is 42.8 Å². The van der Waals surface area contributed by atoms with E-state index in [4.69, 9.17) is 4.74 Å². The number of imide groups is 1. The van der Waals surface area contributed by atoms with Crippen molar-refractivity contribution in [2.45, 2.75) is 12.6 Å². The van der Waals surface area contributed by atoms with Gasteiger partial charge in [-0.15, -0.1) is 0 Å². The summed E-state index contributed by atoms with van der Waals surface area (Å²) >= 11 is 0. The van der Waals surface area contributed by atoms with Crippen molar-refractivity contribution in [1.82, 2.24) is 4.90 Å². The third kappa shape index (κ3) is 3.84. The Hall–Kier alpha value is -3.16. The predicted octanol–water partition coefficient (Wildman–Crippen LogP) is 3.55. The lowest BCUT2D eigenvalue weighted by Gasteiger charge is -2.13. The van der Waals surface area contributed by atoms with Crippen LogP contribution in [0.25, 0.3) is 0 Å². The van der Waals surface area contributed by atoms with Gasteiger partial charge in [-0.3, -0.25) is 14.5 Å². The zero-order valence-electron chi connectivity index (χ0n) is 14.0. The number of esters is 1. The molecule has 3 rings (SSSR count). The molecule has 0 N–H and O–H groups in total. The van der Waals surface area contributed by atoms with Gasteiger partial charge in [0.1, 0.15) is 0 Å². The Morgan fingerprint density at radius 1 is 0.926 bits per heavy atom. The molecule has 0 atom stereocenters. The van der Waals surface area contributed by atoms with Crippen molar-refractivity contribution in [1.29, 1.82) is 0 Å². The maximum Gasteiger partial charge on any atom is 0.416 e. The lowest BCUT2D eigenvalue weighted by molar-refractivity contribution is -0.137. The van der Waals surface area contributed by atoms with Crippen LogP contribution in [0.3, 0.4) is 0 Å². The summed E-state index contributed by atoms with van der Waals surface area (Å²) in [5.74, 6) is -1.57.